The van der Waals surface area contributed by atoms with Gasteiger partial charge >= 0.3 is 29.9 Å². The predicted octanol–water partition coefficient (Wildman–Crippen LogP) is 13.8. The Balaban J connectivity index is 0.000000159. The molecule has 7 heterocycles. The largest absolute Gasteiger partial charge is 0.465 e. The molecule has 0 saturated heterocycles. The zero-order chi connectivity index (χ0) is 70.3. The van der Waals surface area contributed by atoms with Gasteiger partial charge in [-0.2, -0.15) is 19.1 Å². The number of aldehydes is 1. The monoisotopic (exact) mass is 1330 g/mol. The maximum atomic E-state index is 15.1. The summed E-state index contributed by atoms with van der Waals surface area (Å²) in [5.74, 6) is -3.40. The van der Waals surface area contributed by atoms with Gasteiger partial charge in [-0.1, -0.05) is 27.6 Å². The van der Waals surface area contributed by atoms with Crippen molar-refractivity contribution in [1.29, 1.82) is 0 Å². The minimum atomic E-state index is -2.44. The molecule has 12 aromatic rings. The third-order valence-electron chi connectivity index (χ3n) is 15.0. The van der Waals surface area contributed by atoms with Crippen molar-refractivity contribution in [2.45, 2.75) is 114 Å². The average molecular weight is 1330 g/mol. The summed E-state index contributed by atoms with van der Waals surface area (Å²) in [5.41, 5.74) is 0.927. The van der Waals surface area contributed by atoms with Crippen LogP contribution in [0.5, 0.6) is 12.0 Å². The molecule has 0 fully saturated rings. The first-order chi connectivity index (χ1) is 45.9. The third kappa shape index (κ3) is 13.4. The van der Waals surface area contributed by atoms with E-state index in [1.165, 1.54) is 47.4 Å². The van der Waals surface area contributed by atoms with Crippen molar-refractivity contribution >= 4 is 57.4 Å². The van der Waals surface area contributed by atoms with Crippen molar-refractivity contribution < 1.29 is 74.4 Å². The Labute approximate surface area is 549 Å². The number of ketones is 1. The van der Waals surface area contributed by atoms with Crippen LogP contribution < -0.4 is 15.2 Å². The topological polar surface area (TPSA) is 314 Å². The number of nitrogens with one attached hydrogen (secondary N) is 2. The second-order valence-corrected chi connectivity index (χ2v) is 24.2. The first-order valence-electron chi connectivity index (χ1n) is 30.2. The molecule has 0 aliphatic heterocycles. The van der Waals surface area contributed by atoms with Gasteiger partial charge in [0.05, 0.1) is 80.9 Å². The molecule has 0 amide bonds. The van der Waals surface area contributed by atoms with Gasteiger partial charge in [-0.25, -0.2) is 31.9 Å². The summed E-state index contributed by atoms with van der Waals surface area (Å²) in [6, 6.07) is 16.1. The highest BCUT2D eigenvalue weighted by Crippen LogP contribution is 2.44. The average Bonchev–Trinajstić information content (AvgIpc) is 1.73. The summed E-state index contributed by atoms with van der Waals surface area (Å²) in [6.45, 7) is 24.8. The van der Waals surface area contributed by atoms with Crippen LogP contribution >= 0.6 is 0 Å². The van der Waals surface area contributed by atoms with E-state index in [2.05, 4.69) is 45.4 Å². The molecule has 0 aliphatic carbocycles. The van der Waals surface area contributed by atoms with Crippen molar-refractivity contribution in [2.24, 2.45) is 0 Å². The number of nitrogens with zero attached hydrogens (tertiary/aromatic N) is 9. The van der Waals surface area contributed by atoms with Crippen LogP contribution in [0.2, 0.25) is 0 Å². The molecular weight excluding hydrogens is 1270 g/mol. The second-order valence-electron chi connectivity index (χ2n) is 24.2. The van der Waals surface area contributed by atoms with Gasteiger partial charge in [-0.15, -0.1) is 0 Å². The highest BCUT2D eigenvalue weighted by atomic mass is 19.1. The Morgan fingerprint density at radius 2 is 1.08 bits per heavy atom. The fourth-order valence-corrected chi connectivity index (χ4v) is 11.1. The molecule has 0 spiro atoms. The molecule has 0 saturated carbocycles. The van der Waals surface area contributed by atoms with Gasteiger partial charge in [0.2, 0.25) is 5.78 Å². The van der Waals surface area contributed by atoms with Gasteiger partial charge in [-0.05, 0) is 174 Å². The normalized spacial score (nSPS) is 12.2. The Kier molecular flexibility index (Phi) is 18.9. The lowest BCUT2D eigenvalue weighted by Gasteiger charge is -2.30. The van der Waals surface area contributed by atoms with Crippen LogP contribution in [0, 0.1) is 64.8 Å². The van der Waals surface area contributed by atoms with Crippen LogP contribution in [-0.2, 0) is 15.1 Å². The molecule has 12 rings (SSSR count). The molecule has 3 N–H and O–H groups in total. The summed E-state index contributed by atoms with van der Waals surface area (Å²) in [7, 11) is 0. The number of fused-ring (bicyclic) bond motifs is 3. The molecule has 502 valence electrons. The van der Waals surface area contributed by atoms with Gasteiger partial charge in [0.25, 0.3) is 0 Å². The van der Waals surface area contributed by atoms with E-state index in [0.29, 0.717) is 97.2 Å². The maximum Gasteiger partial charge on any atom is 0.423 e. The number of aromatic amines is 2. The maximum absolute atomic E-state index is 15.1. The zero-order valence-corrected chi connectivity index (χ0v) is 55.0. The molecule has 0 radical (unpaired) electrons. The molecule has 1 atom stereocenters. The van der Waals surface area contributed by atoms with Gasteiger partial charge in [0.15, 0.2) is 11.9 Å². The lowest BCUT2D eigenvalue weighted by molar-refractivity contribution is 0.0515. The highest BCUT2D eigenvalue weighted by Gasteiger charge is 2.43. The van der Waals surface area contributed by atoms with Crippen LogP contribution in [0.4, 0.5) is 27.2 Å². The smallest absolute Gasteiger partial charge is 0.423 e. The summed E-state index contributed by atoms with van der Waals surface area (Å²) in [4.78, 5) is 85.7. The number of ether oxygens (including phenoxy) is 4. The summed E-state index contributed by atoms with van der Waals surface area (Å²) in [5, 5.41) is 24.0. The zero-order valence-electron chi connectivity index (χ0n) is 55.0. The first kappa shape index (κ1) is 68.4. The van der Waals surface area contributed by atoms with Crippen molar-refractivity contribution in [1.82, 2.24) is 54.5 Å². The van der Waals surface area contributed by atoms with Crippen LogP contribution in [0.3, 0.4) is 0 Å². The van der Waals surface area contributed by atoms with E-state index in [4.69, 9.17) is 32.5 Å². The summed E-state index contributed by atoms with van der Waals surface area (Å²) >= 11 is 0. The molecule has 7 aromatic heterocycles. The number of aryl methyl sites for hydroxylation is 6. The van der Waals surface area contributed by atoms with Crippen molar-refractivity contribution in [3.8, 4) is 45.4 Å². The fraction of sp³-hybridized carbons (Fsp3) is 0.275. The van der Waals surface area contributed by atoms with Gasteiger partial charge < -0.3 is 47.6 Å². The SMILES string of the molecule is CCOc1nc2c(C(=O)c3c(F)cccc3F)cc(-c3c(C)noc3C)cc2n1C(=O)OC(C)(C)C.CCOc1nc2c(C=O)cc(-c3c(C)noc3C)cc2n1C(=O)OC(C)(C)C.Cc1noc(C)c1-c1cc(C(O)(c2cnccn2)c2c(F)cccc2F)c2[nH]c(=O)[nH]c2c1. The molecule has 97 heavy (non-hydrogen) atoms. The molecule has 24 nitrogen and oxygen atoms in total. The van der Waals surface area contributed by atoms with E-state index in [9.17, 15) is 37.9 Å². The van der Waals surface area contributed by atoms with Crippen LogP contribution in [0.15, 0.2) is 110 Å². The van der Waals surface area contributed by atoms with E-state index in [0.717, 1.165) is 34.4 Å². The molecule has 5 aromatic carbocycles. The number of H-pyrrole nitrogens is 2. The molecular formula is C69H65F4N11O13. The van der Waals surface area contributed by atoms with E-state index >= 15 is 8.78 Å². The van der Waals surface area contributed by atoms with Gasteiger partial charge in [-0.3, -0.25) is 19.6 Å². The van der Waals surface area contributed by atoms with Crippen molar-refractivity contribution in [2.75, 3.05) is 13.2 Å². The number of rotatable bonds is 13. The number of benzene rings is 5. The van der Waals surface area contributed by atoms with E-state index in [1.807, 2.05) is 6.92 Å². The number of carbonyl (C=O) groups is 4. The van der Waals surface area contributed by atoms with Gasteiger partial charge in [0, 0.05) is 40.2 Å². The number of aromatic nitrogens is 11. The van der Waals surface area contributed by atoms with E-state index < -0.39 is 74.9 Å². The Bertz CT molecular complexity index is 5010. The minimum Gasteiger partial charge on any atom is -0.465 e. The van der Waals surface area contributed by atoms with Crippen LogP contribution in [0.1, 0.15) is 133 Å². The quantitative estimate of drug-likeness (QED) is 0.0548. The van der Waals surface area contributed by atoms with Crippen LogP contribution in [0.25, 0.3) is 66.5 Å². The second kappa shape index (κ2) is 26.8. The van der Waals surface area contributed by atoms with Gasteiger partial charge in [0.1, 0.15) is 62.8 Å². The minimum absolute atomic E-state index is 0.00199. The van der Waals surface area contributed by atoms with Crippen molar-refractivity contribution in [3.63, 3.8) is 0 Å². The Morgan fingerprint density at radius 1 is 0.619 bits per heavy atom. The van der Waals surface area contributed by atoms with E-state index in [1.54, 1.807) is 114 Å². The predicted molar refractivity (Wildman–Crippen MR) is 345 cm³/mol. The van der Waals surface area contributed by atoms with Crippen molar-refractivity contribution in [3.05, 3.63) is 193 Å². The number of hydrogen-bond donors (Lipinski definition) is 3. The lowest BCUT2D eigenvalue weighted by atomic mass is 9.81. The highest BCUT2D eigenvalue weighted by molar-refractivity contribution is 6.17. The van der Waals surface area contributed by atoms with Crippen LogP contribution in [-0.4, -0.2) is 108 Å². The third-order valence-corrected chi connectivity index (χ3v) is 15.0. The number of aliphatic hydroxyl groups is 1. The number of imidazole rings is 3. The van der Waals surface area contributed by atoms with E-state index in [-0.39, 0.29) is 52.0 Å². The summed E-state index contributed by atoms with van der Waals surface area (Å²) < 4.78 is 99.7. The first-order valence-corrected chi connectivity index (χ1v) is 30.2. The fourth-order valence-electron chi connectivity index (χ4n) is 11.1. The lowest BCUT2D eigenvalue weighted by Crippen LogP contribution is -2.33. The standard InChI is InChI=1S/C26H25F2N3O5.C23H17F2N5O3.C20H23N3O5/c1-7-34-24-29-22-16(23(32)21-17(27)9-8-10-18(21)28)11-15(20-13(2)30-36-14(20)3)12-19(22)31(24)25(33)35-26(4,5)6;1-11-19(12(2)33-30-11)13-8-14(21-17(9-13)28-22(31)29-21)23(32,18-10-26-6-7-27-18)20-15(24)4-3-5-16(20)25;1-7-26-18-21-17-14(10-24)8-13(16-11(2)22-28-12(16)3)9-15(17)23(18)19(25)27-20(4,5)6/h8-12H,7H2,1-6H3;3-10,32H,1-2H3,(H2,28,29,31);8-10H,7H2,1-6H3. The molecule has 0 bridgehead atoms. The Hall–Kier alpha value is -11.4. The molecule has 1 unspecified atom stereocenters. The Morgan fingerprint density at radius 3 is 1.53 bits per heavy atom. The summed E-state index contributed by atoms with van der Waals surface area (Å²) in [6.07, 6.45) is 3.16. The number of carbonyl (C=O) groups excluding carboxylic acids is 4. The molecule has 0 aliphatic rings. The molecule has 28 heteroatoms. The number of halogens is 4. The number of hydrogen-bond acceptors (Lipinski definition) is 20.